The molecule has 1 N–H and O–H groups in total. The van der Waals surface area contributed by atoms with Crippen molar-refractivity contribution in [2.75, 3.05) is 19.6 Å². The molecule has 0 fully saturated rings. The molecule has 2 aromatic rings. The maximum absolute atomic E-state index is 14.4. The Balaban J connectivity index is 1.70. The summed E-state index contributed by atoms with van der Waals surface area (Å²) in [4.78, 5) is 14.1. The molecular formula is C23H27FN2O2. The largest absolute Gasteiger partial charge is 0.484 e. The second kappa shape index (κ2) is 9.51. The minimum atomic E-state index is -0.401. The predicted octanol–water partition coefficient (Wildman–Crippen LogP) is 4.09. The molecule has 1 atom stereocenters. The zero-order chi connectivity index (χ0) is 19.9. The number of nitrogens with one attached hydrogen (secondary N) is 1. The zero-order valence-corrected chi connectivity index (χ0v) is 16.4. The van der Waals surface area contributed by atoms with Crippen molar-refractivity contribution in [1.29, 1.82) is 0 Å². The van der Waals surface area contributed by atoms with Crippen molar-refractivity contribution in [3.63, 3.8) is 0 Å². The van der Waals surface area contributed by atoms with E-state index in [0.717, 1.165) is 11.3 Å². The van der Waals surface area contributed by atoms with Gasteiger partial charge in [-0.25, -0.2) is 4.39 Å². The third-order valence-electron chi connectivity index (χ3n) is 4.67. The zero-order valence-electron chi connectivity index (χ0n) is 16.4. The number of benzene rings is 2. The van der Waals surface area contributed by atoms with E-state index in [4.69, 9.17) is 4.74 Å². The monoisotopic (exact) mass is 382 g/mol. The lowest BCUT2D eigenvalue weighted by Gasteiger charge is -2.24. The lowest BCUT2D eigenvalue weighted by Crippen LogP contribution is -2.36. The number of rotatable bonds is 6. The topological polar surface area (TPSA) is 41.6 Å². The van der Waals surface area contributed by atoms with Gasteiger partial charge in [0.05, 0.1) is 0 Å². The Morgan fingerprint density at radius 1 is 1.25 bits per heavy atom. The Morgan fingerprint density at radius 2 is 2.00 bits per heavy atom. The second-order valence-corrected chi connectivity index (χ2v) is 7.37. The highest BCUT2D eigenvalue weighted by Gasteiger charge is 2.25. The van der Waals surface area contributed by atoms with Crippen LogP contribution in [0.1, 0.15) is 31.1 Å². The van der Waals surface area contributed by atoms with E-state index >= 15 is 0 Å². The fourth-order valence-corrected chi connectivity index (χ4v) is 3.22. The van der Waals surface area contributed by atoms with Crippen LogP contribution in [0.25, 0.3) is 0 Å². The number of amides is 1. The quantitative estimate of drug-likeness (QED) is 0.765. The smallest absolute Gasteiger partial charge is 0.243 e. The number of nitrogens with zero attached hydrogens (tertiary/aromatic N) is 1. The van der Waals surface area contributed by atoms with E-state index in [0.29, 0.717) is 37.7 Å². The van der Waals surface area contributed by atoms with Gasteiger partial charge >= 0.3 is 0 Å². The molecule has 5 heteroatoms. The summed E-state index contributed by atoms with van der Waals surface area (Å²) in [6.07, 6.45) is 3.05. The second-order valence-electron chi connectivity index (χ2n) is 7.37. The molecule has 1 aliphatic rings. The van der Waals surface area contributed by atoms with Crippen molar-refractivity contribution in [3.05, 3.63) is 77.6 Å². The standard InChI is InChI=1S/C23H27FN2O2/c1-17(2)11-12-23(27)25-13-14-26-15-18-7-3-6-10-21(18)28-22(16-26)19-8-4-5-9-20(19)24/h3-12,17,22H,13-16H2,1-2H3,(H,25,27)/b12-11+/t22-/m1/s1. The molecule has 3 rings (SSSR count). The van der Waals surface area contributed by atoms with E-state index in [9.17, 15) is 9.18 Å². The minimum absolute atomic E-state index is 0.0918. The van der Waals surface area contributed by atoms with Crippen LogP contribution in [0.4, 0.5) is 4.39 Å². The van der Waals surface area contributed by atoms with E-state index in [1.165, 1.54) is 6.07 Å². The summed E-state index contributed by atoms with van der Waals surface area (Å²) >= 11 is 0. The number of fused-ring (bicyclic) bond motifs is 1. The van der Waals surface area contributed by atoms with Crippen LogP contribution in [-0.2, 0) is 11.3 Å². The van der Waals surface area contributed by atoms with E-state index in [1.54, 1.807) is 18.2 Å². The molecule has 148 valence electrons. The first-order valence-electron chi connectivity index (χ1n) is 9.70. The maximum Gasteiger partial charge on any atom is 0.243 e. The highest BCUT2D eigenvalue weighted by molar-refractivity contribution is 5.87. The van der Waals surface area contributed by atoms with Crippen LogP contribution in [0, 0.1) is 11.7 Å². The van der Waals surface area contributed by atoms with Gasteiger partial charge in [-0.3, -0.25) is 9.69 Å². The van der Waals surface area contributed by atoms with E-state index < -0.39 is 6.10 Å². The van der Waals surface area contributed by atoms with Gasteiger partial charge in [0.15, 0.2) is 0 Å². The van der Waals surface area contributed by atoms with Gasteiger partial charge in [-0.2, -0.15) is 0 Å². The molecule has 2 aromatic carbocycles. The number of allylic oxidation sites excluding steroid dienone is 1. The molecule has 0 unspecified atom stereocenters. The molecule has 0 saturated carbocycles. The van der Waals surface area contributed by atoms with Gasteiger partial charge in [-0.15, -0.1) is 0 Å². The molecule has 0 radical (unpaired) electrons. The van der Waals surface area contributed by atoms with E-state index in [1.807, 2.05) is 50.3 Å². The Morgan fingerprint density at radius 3 is 2.79 bits per heavy atom. The molecule has 0 bridgehead atoms. The summed E-state index contributed by atoms with van der Waals surface area (Å²) < 4.78 is 20.5. The van der Waals surface area contributed by atoms with E-state index in [2.05, 4.69) is 10.2 Å². The first kappa shape index (κ1) is 20.1. The van der Waals surface area contributed by atoms with Crippen molar-refractivity contribution in [2.45, 2.75) is 26.5 Å². The molecular weight excluding hydrogens is 355 g/mol. The summed E-state index contributed by atoms with van der Waals surface area (Å²) in [6, 6.07) is 14.6. The van der Waals surface area contributed by atoms with Gasteiger partial charge in [-0.05, 0) is 24.1 Å². The first-order valence-corrected chi connectivity index (χ1v) is 9.70. The van der Waals surface area contributed by atoms with Crippen molar-refractivity contribution < 1.29 is 13.9 Å². The maximum atomic E-state index is 14.4. The molecule has 1 heterocycles. The first-order chi connectivity index (χ1) is 13.5. The third kappa shape index (κ3) is 5.42. The predicted molar refractivity (Wildman–Crippen MR) is 108 cm³/mol. The fourth-order valence-electron chi connectivity index (χ4n) is 3.22. The van der Waals surface area contributed by atoms with Gasteiger partial charge in [0.25, 0.3) is 0 Å². The summed E-state index contributed by atoms with van der Waals surface area (Å²) in [6.45, 7) is 6.48. The molecule has 0 aliphatic carbocycles. The summed E-state index contributed by atoms with van der Waals surface area (Å²) in [7, 11) is 0. The molecule has 0 spiro atoms. The van der Waals surface area contributed by atoms with Crippen molar-refractivity contribution in [2.24, 2.45) is 5.92 Å². The molecule has 1 amide bonds. The molecule has 1 aliphatic heterocycles. The molecule has 0 aromatic heterocycles. The van der Waals surface area contributed by atoms with Crippen LogP contribution in [0.2, 0.25) is 0 Å². The van der Waals surface area contributed by atoms with Crippen LogP contribution in [0.15, 0.2) is 60.7 Å². The van der Waals surface area contributed by atoms with Gasteiger partial charge in [0.1, 0.15) is 17.7 Å². The minimum Gasteiger partial charge on any atom is -0.484 e. The highest BCUT2D eigenvalue weighted by atomic mass is 19.1. The van der Waals surface area contributed by atoms with Gasteiger partial charge in [-0.1, -0.05) is 56.3 Å². The average molecular weight is 382 g/mol. The van der Waals surface area contributed by atoms with Crippen molar-refractivity contribution in [3.8, 4) is 5.75 Å². The average Bonchev–Trinajstić information content (AvgIpc) is 2.86. The van der Waals surface area contributed by atoms with Crippen LogP contribution < -0.4 is 10.1 Å². The van der Waals surface area contributed by atoms with Gasteiger partial charge < -0.3 is 10.1 Å². The summed E-state index contributed by atoms with van der Waals surface area (Å²) in [5.74, 6) is 0.762. The summed E-state index contributed by atoms with van der Waals surface area (Å²) in [5, 5.41) is 2.91. The third-order valence-corrected chi connectivity index (χ3v) is 4.67. The lowest BCUT2D eigenvalue weighted by molar-refractivity contribution is -0.116. The van der Waals surface area contributed by atoms with Gasteiger partial charge in [0, 0.05) is 37.3 Å². The normalized spacial score (nSPS) is 17.2. The lowest BCUT2D eigenvalue weighted by atomic mass is 10.1. The number of hydrogen-bond donors (Lipinski definition) is 1. The number of carbonyl (C=O) groups is 1. The van der Waals surface area contributed by atoms with Crippen molar-refractivity contribution in [1.82, 2.24) is 10.2 Å². The van der Waals surface area contributed by atoms with Crippen LogP contribution in [0.5, 0.6) is 5.75 Å². The van der Waals surface area contributed by atoms with Gasteiger partial charge in [0.2, 0.25) is 5.91 Å². The van der Waals surface area contributed by atoms with Crippen LogP contribution in [0.3, 0.4) is 0 Å². The Bertz CT molecular complexity index is 835. The Kier molecular flexibility index (Phi) is 6.82. The molecule has 28 heavy (non-hydrogen) atoms. The van der Waals surface area contributed by atoms with Crippen molar-refractivity contribution >= 4 is 5.91 Å². The SMILES string of the molecule is CC(C)/C=C/C(=O)NCCN1Cc2ccccc2O[C@@H](c2ccccc2F)C1. The number of carbonyl (C=O) groups excluding carboxylic acids is 1. The van der Waals surface area contributed by atoms with E-state index in [-0.39, 0.29) is 11.7 Å². The number of ether oxygens (including phenoxy) is 1. The number of hydrogen-bond acceptors (Lipinski definition) is 3. The fraction of sp³-hybridized carbons (Fsp3) is 0.348. The van der Waals surface area contributed by atoms with Crippen LogP contribution >= 0.6 is 0 Å². The summed E-state index contributed by atoms with van der Waals surface area (Å²) in [5.41, 5.74) is 1.61. The Hall–Kier alpha value is -2.66. The molecule has 0 saturated heterocycles. The van der Waals surface area contributed by atoms with Crippen LogP contribution in [-0.4, -0.2) is 30.4 Å². The Labute approximate surface area is 166 Å². The molecule has 4 nitrogen and oxygen atoms in total. The number of para-hydroxylation sites is 1. The highest BCUT2D eigenvalue weighted by Crippen LogP contribution is 2.31. The number of halogens is 1.